The Bertz CT molecular complexity index is 135. The van der Waals surface area contributed by atoms with Crippen molar-refractivity contribution < 1.29 is 4.74 Å². The first-order valence-electron chi connectivity index (χ1n) is 5.87. The normalized spacial score (nSPS) is 20.1. The zero-order chi connectivity index (χ0) is 10.2. The fourth-order valence-corrected chi connectivity index (χ4v) is 1.91. The smallest absolute Gasteiger partial charge is 0.0590 e. The van der Waals surface area contributed by atoms with E-state index in [4.69, 9.17) is 4.74 Å². The summed E-state index contributed by atoms with van der Waals surface area (Å²) in [6, 6.07) is 0.680. The Morgan fingerprint density at radius 2 is 2.07 bits per heavy atom. The molecule has 1 aliphatic rings. The van der Waals surface area contributed by atoms with E-state index in [2.05, 4.69) is 17.1 Å². The lowest BCUT2D eigenvalue weighted by molar-refractivity contribution is 0.146. The molecular formula is C11H24N2O. The molecule has 1 unspecified atom stereocenters. The third-order valence-corrected chi connectivity index (χ3v) is 2.83. The Morgan fingerprint density at radius 1 is 1.36 bits per heavy atom. The average Bonchev–Trinajstić information content (AvgIpc) is 2.70. The van der Waals surface area contributed by atoms with E-state index < -0.39 is 0 Å². The second-order valence-electron chi connectivity index (χ2n) is 3.99. The van der Waals surface area contributed by atoms with Crippen molar-refractivity contribution in [2.45, 2.75) is 32.7 Å². The Kier molecular flexibility index (Phi) is 6.15. The van der Waals surface area contributed by atoms with Crippen LogP contribution in [0.2, 0.25) is 0 Å². The van der Waals surface area contributed by atoms with Gasteiger partial charge in [-0.15, -0.1) is 0 Å². The molecule has 0 amide bonds. The highest BCUT2D eigenvalue weighted by molar-refractivity contribution is 4.74. The zero-order valence-corrected chi connectivity index (χ0v) is 9.59. The standard InChI is InChI=1S/C11H24N2O/c1-3-14-9-6-12-10-11(2)13-7-4-5-8-13/h11-12H,3-10H2,1-2H3. The third-order valence-electron chi connectivity index (χ3n) is 2.83. The van der Waals surface area contributed by atoms with Crippen LogP contribution in [0.1, 0.15) is 26.7 Å². The molecule has 1 atom stereocenters. The van der Waals surface area contributed by atoms with Gasteiger partial charge in [0.25, 0.3) is 0 Å². The second kappa shape index (κ2) is 7.21. The maximum atomic E-state index is 5.26. The quantitative estimate of drug-likeness (QED) is 0.623. The van der Waals surface area contributed by atoms with E-state index in [0.29, 0.717) is 6.04 Å². The number of nitrogens with zero attached hydrogens (tertiary/aromatic N) is 1. The molecule has 0 bridgehead atoms. The predicted molar refractivity (Wildman–Crippen MR) is 59.6 cm³/mol. The van der Waals surface area contributed by atoms with Gasteiger partial charge in [0.15, 0.2) is 0 Å². The summed E-state index contributed by atoms with van der Waals surface area (Å²) in [4.78, 5) is 2.56. The lowest BCUT2D eigenvalue weighted by atomic mass is 10.3. The molecule has 1 aliphatic heterocycles. The van der Waals surface area contributed by atoms with Gasteiger partial charge in [-0.1, -0.05) is 0 Å². The summed E-state index contributed by atoms with van der Waals surface area (Å²) in [5.41, 5.74) is 0. The van der Waals surface area contributed by atoms with Crippen LogP contribution in [0.4, 0.5) is 0 Å². The fourth-order valence-electron chi connectivity index (χ4n) is 1.91. The van der Waals surface area contributed by atoms with E-state index in [1.54, 1.807) is 0 Å². The van der Waals surface area contributed by atoms with Crippen molar-refractivity contribution >= 4 is 0 Å². The maximum absolute atomic E-state index is 5.26. The third kappa shape index (κ3) is 4.40. The Labute approximate surface area is 87.8 Å². The predicted octanol–water partition coefficient (Wildman–Crippen LogP) is 1.10. The van der Waals surface area contributed by atoms with Gasteiger partial charge in [-0.05, 0) is 39.8 Å². The van der Waals surface area contributed by atoms with Gasteiger partial charge in [-0.3, -0.25) is 4.90 Å². The number of ether oxygens (including phenoxy) is 1. The van der Waals surface area contributed by atoms with Gasteiger partial charge in [-0.25, -0.2) is 0 Å². The van der Waals surface area contributed by atoms with Gasteiger partial charge < -0.3 is 10.1 Å². The molecule has 3 nitrogen and oxygen atoms in total. The molecule has 1 N–H and O–H groups in total. The molecule has 1 heterocycles. The summed E-state index contributed by atoms with van der Waals surface area (Å²) in [5.74, 6) is 0. The summed E-state index contributed by atoms with van der Waals surface area (Å²) in [6.07, 6.45) is 2.76. The van der Waals surface area contributed by atoms with Crippen molar-refractivity contribution in [3.05, 3.63) is 0 Å². The SMILES string of the molecule is CCOCCNCC(C)N1CCCC1. The van der Waals surface area contributed by atoms with Crippen LogP contribution < -0.4 is 5.32 Å². The largest absolute Gasteiger partial charge is 0.380 e. The van der Waals surface area contributed by atoms with E-state index >= 15 is 0 Å². The zero-order valence-electron chi connectivity index (χ0n) is 9.59. The molecule has 0 aliphatic carbocycles. The summed E-state index contributed by atoms with van der Waals surface area (Å²) in [6.45, 7) is 10.6. The van der Waals surface area contributed by atoms with E-state index in [1.807, 2.05) is 6.92 Å². The van der Waals surface area contributed by atoms with Crippen LogP contribution in [0.15, 0.2) is 0 Å². The Morgan fingerprint density at radius 3 is 2.71 bits per heavy atom. The van der Waals surface area contributed by atoms with Gasteiger partial charge in [0, 0.05) is 25.7 Å². The summed E-state index contributed by atoms with van der Waals surface area (Å²) < 4.78 is 5.26. The lowest BCUT2D eigenvalue weighted by Crippen LogP contribution is -2.39. The highest BCUT2D eigenvalue weighted by Crippen LogP contribution is 2.10. The molecule has 1 rings (SSSR count). The van der Waals surface area contributed by atoms with Crippen molar-refractivity contribution in [3.8, 4) is 0 Å². The van der Waals surface area contributed by atoms with Crippen LogP contribution in [0.3, 0.4) is 0 Å². The minimum atomic E-state index is 0.680. The number of likely N-dealkylation sites (tertiary alicyclic amines) is 1. The Balaban J connectivity index is 1.94. The lowest BCUT2D eigenvalue weighted by Gasteiger charge is -2.23. The molecule has 0 aromatic heterocycles. The van der Waals surface area contributed by atoms with Crippen molar-refractivity contribution in [1.29, 1.82) is 0 Å². The van der Waals surface area contributed by atoms with Crippen LogP contribution in [0, 0.1) is 0 Å². The average molecular weight is 200 g/mol. The van der Waals surface area contributed by atoms with Crippen LogP contribution in [0.25, 0.3) is 0 Å². The molecule has 84 valence electrons. The van der Waals surface area contributed by atoms with Crippen LogP contribution in [0.5, 0.6) is 0 Å². The summed E-state index contributed by atoms with van der Waals surface area (Å²) >= 11 is 0. The topological polar surface area (TPSA) is 24.5 Å². The van der Waals surface area contributed by atoms with Crippen LogP contribution in [-0.2, 0) is 4.74 Å². The fraction of sp³-hybridized carbons (Fsp3) is 1.00. The molecule has 3 heteroatoms. The number of rotatable bonds is 7. The molecule has 0 spiro atoms. The van der Waals surface area contributed by atoms with E-state index in [-0.39, 0.29) is 0 Å². The minimum absolute atomic E-state index is 0.680. The molecule has 1 fully saturated rings. The van der Waals surface area contributed by atoms with E-state index in [0.717, 1.165) is 26.3 Å². The number of hydrogen-bond donors (Lipinski definition) is 1. The molecule has 0 radical (unpaired) electrons. The van der Waals surface area contributed by atoms with Crippen molar-refractivity contribution in [2.75, 3.05) is 39.4 Å². The monoisotopic (exact) mass is 200 g/mol. The molecule has 1 saturated heterocycles. The van der Waals surface area contributed by atoms with Gasteiger partial charge in [0.2, 0.25) is 0 Å². The first-order chi connectivity index (χ1) is 6.84. The first kappa shape index (κ1) is 12.0. The summed E-state index contributed by atoms with van der Waals surface area (Å²) in [5, 5.41) is 3.43. The van der Waals surface area contributed by atoms with Crippen molar-refractivity contribution in [1.82, 2.24) is 10.2 Å². The summed E-state index contributed by atoms with van der Waals surface area (Å²) in [7, 11) is 0. The number of hydrogen-bond acceptors (Lipinski definition) is 3. The van der Waals surface area contributed by atoms with Gasteiger partial charge in [-0.2, -0.15) is 0 Å². The van der Waals surface area contributed by atoms with Crippen molar-refractivity contribution in [3.63, 3.8) is 0 Å². The maximum Gasteiger partial charge on any atom is 0.0590 e. The van der Waals surface area contributed by atoms with E-state index in [1.165, 1.54) is 25.9 Å². The Hall–Kier alpha value is -0.120. The minimum Gasteiger partial charge on any atom is -0.380 e. The molecule has 0 aromatic carbocycles. The van der Waals surface area contributed by atoms with E-state index in [9.17, 15) is 0 Å². The molecule has 0 saturated carbocycles. The van der Waals surface area contributed by atoms with Crippen molar-refractivity contribution in [2.24, 2.45) is 0 Å². The number of nitrogens with one attached hydrogen (secondary N) is 1. The highest BCUT2D eigenvalue weighted by atomic mass is 16.5. The van der Waals surface area contributed by atoms with Gasteiger partial charge in [0.05, 0.1) is 6.61 Å². The van der Waals surface area contributed by atoms with Crippen LogP contribution >= 0.6 is 0 Å². The van der Waals surface area contributed by atoms with Crippen LogP contribution in [-0.4, -0.2) is 50.3 Å². The molecule has 0 aromatic rings. The first-order valence-corrected chi connectivity index (χ1v) is 5.87. The highest BCUT2D eigenvalue weighted by Gasteiger charge is 2.16. The van der Waals surface area contributed by atoms with Gasteiger partial charge in [0.1, 0.15) is 0 Å². The second-order valence-corrected chi connectivity index (χ2v) is 3.99. The molecular weight excluding hydrogens is 176 g/mol. The molecule has 14 heavy (non-hydrogen) atoms. The van der Waals surface area contributed by atoms with Gasteiger partial charge >= 0.3 is 0 Å².